The lowest BCUT2D eigenvalue weighted by Gasteiger charge is -2.05. The van der Waals surface area contributed by atoms with Crippen molar-refractivity contribution >= 4 is 15.9 Å². The molecule has 0 radical (unpaired) electrons. The van der Waals surface area contributed by atoms with Gasteiger partial charge in [0, 0.05) is 0 Å². The normalized spacial score (nSPS) is 18.3. The first-order chi connectivity index (χ1) is 5.77. The number of rotatable bonds is 1. The maximum atomic E-state index is 5.45. The van der Waals surface area contributed by atoms with Gasteiger partial charge in [-0.3, -0.25) is 0 Å². The van der Waals surface area contributed by atoms with Crippen molar-refractivity contribution in [2.24, 2.45) is 0 Å². The molecule has 2 heteroatoms. The van der Waals surface area contributed by atoms with Gasteiger partial charge < -0.3 is 0 Å². The largest absolute Gasteiger partial charge is 0.244 e. The van der Waals surface area contributed by atoms with Crippen LogP contribution in [0.5, 0.6) is 0 Å². The van der Waals surface area contributed by atoms with Gasteiger partial charge in [0.25, 0.3) is 0 Å². The zero-order valence-electron chi connectivity index (χ0n) is 6.55. The number of halogens is 1. The first kappa shape index (κ1) is 7.82. The summed E-state index contributed by atoms with van der Waals surface area (Å²) >= 11 is 3.33. The second kappa shape index (κ2) is 2.60. The third-order valence-corrected chi connectivity index (χ3v) is 2.67. The van der Waals surface area contributed by atoms with Crippen molar-refractivity contribution in [2.75, 3.05) is 0 Å². The standard InChI is InChI=1S/C10H8BrN/c1-2-10(6-7-10)8-4-3-5-9(11)12-8/h1,3-5H,6-7H2. The summed E-state index contributed by atoms with van der Waals surface area (Å²) in [5.74, 6) is 2.81. The second-order valence-corrected chi connectivity index (χ2v) is 3.88. The van der Waals surface area contributed by atoms with Gasteiger partial charge in [0.15, 0.2) is 0 Å². The summed E-state index contributed by atoms with van der Waals surface area (Å²) < 4.78 is 0.863. The molecule has 0 N–H and O–H groups in total. The van der Waals surface area contributed by atoms with Crippen molar-refractivity contribution in [3.05, 3.63) is 28.5 Å². The first-order valence-electron chi connectivity index (χ1n) is 3.88. The summed E-state index contributed by atoms with van der Waals surface area (Å²) in [7, 11) is 0. The summed E-state index contributed by atoms with van der Waals surface area (Å²) in [5, 5.41) is 0. The fourth-order valence-electron chi connectivity index (χ4n) is 1.27. The fourth-order valence-corrected chi connectivity index (χ4v) is 1.62. The molecule has 0 amide bonds. The van der Waals surface area contributed by atoms with Gasteiger partial charge >= 0.3 is 0 Å². The molecule has 1 aliphatic carbocycles. The Morgan fingerprint density at radius 1 is 1.50 bits per heavy atom. The van der Waals surface area contributed by atoms with E-state index in [1.165, 1.54) is 0 Å². The monoisotopic (exact) mass is 221 g/mol. The van der Waals surface area contributed by atoms with Gasteiger partial charge in [-0.2, -0.15) is 0 Å². The number of aromatic nitrogens is 1. The van der Waals surface area contributed by atoms with Crippen molar-refractivity contribution in [2.45, 2.75) is 18.3 Å². The summed E-state index contributed by atoms with van der Waals surface area (Å²) in [6.07, 6.45) is 7.60. The topological polar surface area (TPSA) is 12.9 Å². The third kappa shape index (κ3) is 1.15. The Morgan fingerprint density at radius 3 is 2.75 bits per heavy atom. The van der Waals surface area contributed by atoms with Crippen LogP contribution >= 0.6 is 15.9 Å². The number of nitrogens with zero attached hydrogens (tertiary/aromatic N) is 1. The minimum Gasteiger partial charge on any atom is -0.244 e. The molecule has 1 aromatic heterocycles. The van der Waals surface area contributed by atoms with Crippen molar-refractivity contribution < 1.29 is 0 Å². The lowest BCUT2D eigenvalue weighted by molar-refractivity contribution is 0.865. The van der Waals surface area contributed by atoms with Gasteiger partial charge in [-0.1, -0.05) is 12.0 Å². The number of terminal acetylenes is 1. The van der Waals surface area contributed by atoms with Gasteiger partial charge in [0.2, 0.25) is 0 Å². The van der Waals surface area contributed by atoms with E-state index in [0.717, 1.165) is 23.1 Å². The van der Waals surface area contributed by atoms with E-state index in [9.17, 15) is 0 Å². The number of hydrogen-bond acceptors (Lipinski definition) is 1. The molecule has 60 valence electrons. The highest BCUT2D eigenvalue weighted by Gasteiger charge is 2.43. The molecule has 1 aliphatic rings. The average molecular weight is 222 g/mol. The van der Waals surface area contributed by atoms with Gasteiger partial charge in [0.05, 0.1) is 11.1 Å². The van der Waals surface area contributed by atoms with Crippen LogP contribution in [0.3, 0.4) is 0 Å². The van der Waals surface area contributed by atoms with E-state index in [0.29, 0.717) is 0 Å². The average Bonchev–Trinajstić information content (AvgIpc) is 2.84. The molecule has 0 bridgehead atoms. The van der Waals surface area contributed by atoms with Crippen LogP contribution in [-0.4, -0.2) is 4.98 Å². The lowest BCUT2D eigenvalue weighted by Crippen LogP contribution is -2.04. The lowest BCUT2D eigenvalue weighted by atomic mass is 10.0. The summed E-state index contributed by atoms with van der Waals surface area (Å²) in [5.41, 5.74) is 0.989. The zero-order valence-corrected chi connectivity index (χ0v) is 8.13. The van der Waals surface area contributed by atoms with Gasteiger partial charge in [-0.15, -0.1) is 6.42 Å². The maximum Gasteiger partial charge on any atom is 0.106 e. The molecule has 1 heterocycles. The van der Waals surface area contributed by atoms with Crippen LogP contribution in [0.2, 0.25) is 0 Å². The van der Waals surface area contributed by atoms with E-state index in [4.69, 9.17) is 6.42 Å². The molecule has 0 unspecified atom stereocenters. The zero-order chi connectivity index (χ0) is 8.60. The molecular weight excluding hydrogens is 214 g/mol. The predicted octanol–water partition coefficient (Wildman–Crippen LogP) is 2.51. The Balaban J connectivity index is 2.42. The molecule has 2 rings (SSSR count). The van der Waals surface area contributed by atoms with Gasteiger partial charge in [0.1, 0.15) is 4.60 Å². The predicted molar refractivity (Wildman–Crippen MR) is 51.7 cm³/mol. The Bertz CT molecular complexity index is 347. The second-order valence-electron chi connectivity index (χ2n) is 3.07. The molecule has 1 nitrogen and oxygen atoms in total. The van der Waals surface area contributed by atoms with Gasteiger partial charge in [-0.05, 0) is 40.9 Å². The molecular formula is C10H8BrN. The van der Waals surface area contributed by atoms with Crippen molar-refractivity contribution in [3.8, 4) is 12.3 Å². The number of hydrogen-bond donors (Lipinski definition) is 0. The highest BCUT2D eigenvalue weighted by atomic mass is 79.9. The molecule has 0 aliphatic heterocycles. The van der Waals surface area contributed by atoms with E-state index < -0.39 is 0 Å². The van der Waals surface area contributed by atoms with Crippen molar-refractivity contribution in [1.82, 2.24) is 4.98 Å². The highest BCUT2D eigenvalue weighted by molar-refractivity contribution is 9.10. The highest BCUT2D eigenvalue weighted by Crippen LogP contribution is 2.46. The summed E-state index contributed by atoms with van der Waals surface area (Å²) in [4.78, 5) is 4.35. The SMILES string of the molecule is C#CC1(c2cccc(Br)n2)CC1. The van der Waals surface area contributed by atoms with Crippen molar-refractivity contribution in [1.29, 1.82) is 0 Å². The Morgan fingerprint density at radius 2 is 2.25 bits per heavy atom. The molecule has 0 saturated heterocycles. The van der Waals surface area contributed by atoms with Gasteiger partial charge in [-0.25, -0.2) is 4.98 Å². The maximum absolute atomic E-state index is 5.45. The van der Waals surface area contributed by atoms with E-state index in [-0.39, 0.29) is 5.41 Å². The molecule has 0 spiro atoms. The minimum atomic E-state index is -0.0379. The quantitative estimate of drug-likeness (QED) is 0.525. The smallest absolute Gasteiger partial charge is 0.106 e. The van der Waals surface area contributed by atoms with E-state index in [1.807, 2.05) is 18.2 Å². The Hall–Kier alpha value is -0.810. The Labute approximate surface area is 80.3 Å². The van der Waals surface area contributed by atoms with E-state index >= 15 is 0 Å². The van der Waals surface area contributed by atoms with Crippen molar-refractivity contribution in [3.63, 3.8) is 0 Å². The van der Waals surface area contributed by atoms with Crippen LogP contribution in [0, 0.1) is 12.3 Å². The van der Waals surface area contributed by atoms with Crippen LogP contribution in [0.4, 0.5) is 0 Å². The van der Waals surface area contributed by atoms with E-state index in [2.05, 4.69) is 26.8 Å². The van der Waals surface area contributed by atoms with Crippen LogP contribution in [0.1, 0.15) is 18.5 Å². The molecule has 12 heavy (non-hydrogen) atoms. The Kier molecular flexibility index (Phi) is 1.69. The van der Waals surface area contributed by atoms with Crippen LogP contribution in [0.15, 0.2) is 22.8 Å². The molecule has 1 aromatic rings. The van der Waals surface area contributed by atoms with E-state index in [1.54, 1.807) is 0 Å². The molecule has 0 atom stereocenters. The van der Waals surface area contributed by atoms with Crippen LogP contribution < -0.4 is 0 Å². The van der Waals surface area contributed by atoms with Crippen LogP contribution in [0.25, 0.3) is 0 Å². The molecule has 0 aromatic carbocycles. The molecule has 1 saturated carbocycles. The van der Waals surface area contributed by atoms with Crippen LogP contribution in [-0.2, 0) is 5.41 Å². The fraction of sp³-hybridized carbons (Fsp3) is 0.300. The minimum absolute atomic E-state index is 0.0379. The summed E-state index contributed by atoms with van der Waals surface area (Å²) in [6, 6.07) is 5.89. The molecule has 1 fully saturated rings. The first-order valence-corrected chi connectivity index (χ1v) is 4.67. The number of pyridine rings is 1. The third-order valence-electron chi connectivity index (χ3n) is 2.23. The summed E-state index contributed by atoms with van der Waals surface area (Å²) in [6.45, 7) is 0.